The molecule has 1 rings (SSSR count). The molecule has 0 aliphatic rings. The van der Waals surface area contributed by atoms with Gasteiger partial charge in [-0.05, 0) is 37.1 Å². The van der Waals surface area contributed by atoms with Gasteiger partial charge in [-0.2, -0.15) is 0 Å². The predicted molar refractivity (Wildman–Crippen MR) is 71.2 cm³/mol. The lowest BCUT2D eigenvalue weighted by molar-refractivity contribution is -0.138. The maximum Gasteiger partial charge on any atom is 0.303 e. The van der Waals surface area contributed by atoms with Crippen molar-refractivity contribution in [1.29, 1.82) is 0 Å². The highest BCUT2D eigenvalue weighted by molar-refractivity contribution is 5.66. The lowest BCUT2D eigenvalue weighted by Crippen LogP contribution is -2.03. The van der Waals surface area contributed by atoms with Crippen molar-refractivity contribution in [2.75, 3.05) is 13.2 Å². The molecule has 0 heterocycles. The highest BCUT2D eigenvalue weighted by Crippen LogP contribution is 2.18. The normalized spacial score (nSPS) is 10.0. The third-order valence-corrected chi connectivity index (χ3v) is 2.43. The van der Waals surface area contributed by atoms with Crippen LogP contribution in [0.25, 0.3) is 0 Å². The van der Waals surface area contributed by atoms with Crippen LogP contribution in [-0.4, -0.2) is 35.4 Å². The van der Waals surface area contributed by atoms with Gasteiger partial charge in [0, 0.05) is 12.8 Å². The van der Waals surface area contributed by atoms with Gasteiger partial charge in [0.2, 0.25) is 0 Å². The van der Waals surface area contributed by atoms with Crippen LogP contribution in [0.15, 0.2) is 24.3 Å². The van der Waals surface area contributed by atoms with Gasteiger partial charge in [-0.25, -0.2) is 0 Å². The van der Waals surface area contributed by atoms with E-state index in [1.165, 1.54) is 0 Å². The maximum atomic E-state index is 10.3. The number of carboxylic acids is 2. The molecule has 0 atom stereocenters. The van der Waals surface area contributed by atoms with E-state index in [9.17, 15) is 9.59 Å². The fraction of sp³-hybridized carbons (Fsp3) is 0.429. The van der Waals surface area contributed by atoms with E-state index in [1.54, 1.807) is 24.3 Å². The minimum Gasteiger partial charge on any atom is -0.494 e. The summed E-state index contributed by atoms with van der Waals surface area (Å²) in [5.74, 6) is -0.376. The molecule has 0 saturated heterocycles. The zero-order chi connectivity index (χ0) is 14.8. The molecule has 110 valence electrons. The summed E-state index contributed by atoms with van der Waals surface area (Å²) in [5.41, 5.74) is 0. The van der Waals surface area contributed by atoms with E-state index >= 15 is 0 Å². The third-order valence-electron chi connectivity index (χ3n) is 2.43. The van der Waals surface area contributed by atoms with Crippen LogP contribution < -0.4 is 9.47 Å². The number of benzene rings is 1. The van der Waals surface area contributed by atoms with Crippen molar-refractivity contribution in [3.8, 4) is 11.5 Å². The van der Waals surface area contributed by atoms with Gasteiger partial charge >= 0.3 is 11.9 Å². The van der Waals surface area contributed by atoms with E-state index in [4.69, 9.17) is 19.7 Å². The van der Waals surface area contributed by atoms with Gasteiger partial charge in [0.15, 0.2) is 0 Å². The number of hydrogen-bond acceptors (Lipinski definition) is 4. The van der Waals surface area contributed by atoms with Crippen LogP contribution in [0.1, 0.15) is 25.7 Å². The molecule has 20 heavy (non-hydrogen) atoms. The van der Waals surface area contributed by atoms with Crippen molar-refractivity contribution in [1.82, 2.24) is 0 Å². The number of carbonyl (C=O) groups is 2. The molecule has 1 aromatic carbocycles. The van der Waals surface area contributed by atoms with E-state index in [0.29, 0.717) is 37.6 Å². The molecule has 1 aromatic rings. The first-order chi connectivity index (χ1) is 9.58. The zero-order valence-electron chi connectivity index (χ0n) is 11.1. The number of hydrogen-bond donors (Lipinski definition) is 2. The number of carboxylic acid groups (broad SMARTS) is 2. The molecule has 2 N–H and O–H groups in total. The Labute approximate surface area is 116 Å². The maximum absolute atomic E-state index is 10.3. The van der Waals surface area contributed by atoms with Crippen LogP contribution in [0.5, 0.6) is 11.5 Å². The molecular weight excluding hydrogens is 264 g/mol. The summed E-state index contributed by atoms with van der Waals surface area (Å²) in [6, 6.07) is 6.92. The van der Waals surface area contributed by atoms with Crippen molar-refractivity contribution >= 4 is 11.9 Å². The van der Waals surface area contributed by atoms with E-state index in [0.717, 1.165) is 0 Å². The van der Waals surface area contributed by atoms with Gasteiger partial charge in [-0.3, -0.25) is 9.59 Å². The molecule has 0 aromatic heterocycles. The van der Waals surface area contributed by atoms with Crippen molar-refractivity contribution in [3.63, 3.8) is 0 Å². The lowest BCUT2D eigenvalue weighted by atomic mass is 10.3. The Morgan fingerprint density at radius 1 is 0.800 bits per heavy atom. The Balaban J connectivity index is 2.22. The van der Waals surface area contributed by atoms with Gasteiger partial charge in [-0.15, -0.1) is 0 Å². The Morgan fingerprint density at radius 2 is 1.15 bits per heavy atom. The van der Waals surface area contributed by atoms with Crippen molar-refractivity contribution in [3.05, 3.63) is 24.3 Å². The molecule has 0 saturated carbocycles. The lowest BCUT2D eigenvalue weighted by Gasteiger charge is -2.08. The quantitative estimate of drug-likeness (QED) is 0.639. The molecule has 0 aliphatic carbocycles. The van der Waals surface area contributed by atoms with Crippen LogP contribution in [-0.2, 0) is 9.59 Å². The second-order valence-electron chi connectivity index (χ2n) is 4.16. The number of aliphatic carboxylic acids is 2. The molecule has 0 aliphatic heterocycles. The Hall–Kier alpha value is -2.24. The van der Waals surface area contributed by atoms with Crippen LogP contribution in [0, 0.1) is 0 Å². The molecule has 0 bridgehead atoms. The minimum atomic E-state index is -0.835. The smallest absolute Gasteiger partial charge is 0.303 e. The van der Waals surface area contributed by atoms with E-state index in [-0.39, 0.29) is 12.8 Å². The molecule has 0 spiro atoms. The average molecular weight is 282 g/mol. The molecule has 0 fully saturated rings. The molecule has 0 radical (unpaired) electrons. The van der Waals surface area contributed by atoms with Crippen molar-refractivity contribution < 1.29 is 29.3 Å². The summed E-state index contributed by atoms with van der Waals surface area (Å²) in [5, 5.41) is 17.0. The highest BCUT2D eigenvalue weighted by atomic mass is 16.5. The number of ether oxygens (including phenoxy) is 2. The standard InChI is InChI=1S/C14H18O6/c15-13(16)3-1-9-19-11-5-7-12(8-6-11)20-10-2-4-14(17)18/h5-8H,1-4,9-10H2,(H,15,16)(H,17,18). The first-order valence-electron chi connectivity index (χ1n) is 6.37. The molecule has 6 heteroatoms. The largest absolute Gasteiger partial charge is 0.494 e. The first kappa shape index (κ1) is 15.8. The van der Waals surface area contributed by atoms with Crippen LogP contribution in [0.3, 0.4) is 0 Å². The van der Waals surface area contributed by atoms with Crippen LogP contribution in [0.4, 0.5) is 0 Å². The van der Waals surface area contributed by atoms with Gasteiger partial charge in [0.1, 0.15) is 11.5 Å². The van der Waals surface area contributed by atoms with Crippen molar-refractivity contribution in [2.45, 2.75) is 25.7 Å². The molecule has 6 nitrogen and oxygen atoms in total. The molecular formula is C14H18O6. The van der Waals surface area contributed by atoms with Crippen LogP contribution in [0.2, 0.25) is 0 Å². The van der Waals surface area contributed by atoms with Gasteiger partial charge in [-0.1, -0.05) is 0 Å². The molecule has 0 amide bonds. The summed E-state index contributed by atoms with van der Waals surface area (Å²) in [4.78, 5) is 20.6. The monoisotopic (exact) mass is 282 g/mol. The minimum absolute atomic E-state index is 0.0881. The predicted octanol–water partition coefficient (Wildman–Crippen LogP) is 2.17. The Kier molecular flexibility index (Phi) is 6.95. The summed E-state index contributed by atoms with van der Waals surface area (Å²) in [6.07, 6.45) is 1.10. The van der Waals surface area contributed by atoms with Gasteiger partial charge < -0.3 is 19.7 Å². The molecule has 0 unspecified atom stereocenters. The second kappa shape index (κ2) is 8.79. The number of rotatable bonds is 10. The van der Waals surface area contributed by atoms with Crippen LogP contribution >= 0.6 is 0 Å². The van der Waals surface area contributed by atoms with Gasteiger partial charge in [0.05, 0.1) is 13.2 Å². The second-order valence-corrected chi connectivity index (χ2v) is 4.16. The average Bonchev–Trinajstić information content (AvgIpc) is 2.41. The summed E-state index contributed by atoms with van der Waals surface area (Å²) in [6.45, 7) is 0.705. The van der Waals surface area contributed by atoms with E-state index in [1.807, 2.05) is 0 Å². The SMILES string of the molecule is O=C(O)CCCOc1ccc(OCCCC(=O)O)cc1. The topological polar surface area (TPSA) is 93.1 Å². The fourth-order valence-electron chi connectivity index (χ4n) is 1.46. The van der Waals surface area contributed by atoms with E-state index in [2.05, 4.69) is 0 Å². The summed E-state index contributed by atoms with van der Waals surface area (Å²) in [7, 11) is 0. The Morgan fingerprint density at radius 3 is 1.45 bits per heavy atom. The third kappa shape index (κ3) is 7.25. The van der Waals surface area contributed by atoms with E-state index < -0.39 is 11.9 Å². The zero-order valence-corrected chi connectivity index (χ0v) is 11.1. The summed E-state index contributed by atoms with van der Waals surface area (Å²) < 4.78 is 10.7. The highest BCUT2D eigenvalue weighted by Gasteiger charge is 2.00. The Bertz CT molecular complexity index is 385. The first-order valence-corrected chi connectivity index (χ1v) is 6.37. The fourth-order valence-corrected chi connectivity index (χ4v) is 1.46. The van der Waals surface area contributed by atoms with Crippen molar-refractivity contribution in [2.24, 2.45) is 0 Å². The summed E-state index contributed by atoms with van der Waals surface area (Å²) >= 11 is 0. The van der Waals surface area contributed by atoms with Gasteiger partial charge in [0.25, 0.3) is 0 Å².